The number of anilines is 1. The zero-order valence-electron chi connectivity index (χ0n) is 15.7. The number of aromatic nitrogens is 3. The summed E-state index contributed by atoms with van der Waals surface area (Å²) in [5, 5.41) is 10.0. The summed E-state index contributed by atoms with van der Waals surface area (Å²) in [7, 11) is 2.95. The third-order valence-corrected chi connectivity index (χ3v) is 4.16. The summed E-state index contributed by atoms with van der Waals surface area (Å²) in [5.41, 5.74) is -0.110. The number of ether oxygens (including phenoxy) is 2. The van der Waals surface area contributed by atoms with E-state index in [4.69, 9.17) is 9.47 Å². The summed E-state index contributed by atoms with van der Waals surface area (Å²) in [5.74, 6) is 0.282. The maximum Gasteiger partial charge on any atom is 0.418 e. The molecule has 0 radical (unpaired) electrons. The molecule has 7 nitrogen and oxygen atoms in total. The highest BCUT2D eigenvalue weighted by molar-refractivity contribution is 6.03. The van der Waals surface area contributed by atoms with Gasteiger partial charge in [-0.2, -0.15) is 13.2 Å². The fraction of sp³-hybridized carbons (Fsp3) is 0.211. The van der Waals surface area contributed by atoms with Gasteiger partial charge in [-0.3, -0.25) is 4.79 Å². The Hall–Kier alpha value is -3.56. The predicted octanol–water partition coefficient (Wildman–Crippen LogP) is 3.86. The predicted molar refractivity (Wildman–Crippen MR) is 98.6 cm³/mol. The van der Waals surface area contributed by atoms with Crippen LogP contribution in [0.1, 0.15) is 21.6 Å². The molecule has 0 aliphatic heterocycles. The van der Waals surface area contributed by atoms with E-state index in [1.165, 1.54) is 32.4 Å². The lowest BCUT2D eigenvalue weighted by Gasteiger charge is -2.13. The first-order valence-corrected chi connectivity index (χ1v) is 8.37. The van der Waals surface area contributed by atoms with Crippen molar-refractivity contribution in [3.63, 3.8) is 0 Å². The van der Waals surface area contributed by atoms with Crippen LogP contribution in [-0.2, 0) is 6.18 Å². The molecular weight excluding hydrogens is 389 g/mol. The maximum absolute atomic E-state index is 13.2. The van der Waals surface area contributed by atoms with Gasteiger partial charge in [0.2, 0.25) is 0 Å². The van der Waals surface area contributed by atoms with Crippen molar-refractivity contribution in [2.24, 2.45) is 0 Å². The lowest BCUT2D eigenvalue weighted by molar-refractivity contribution is -0.137. The van der Waals surface area contributed by atoms with Crippen molar-refractivity contribution in [3.8, 4) is 17.2 Å². The van der Waals surface area contributed by atoms with Crippen molar-refractivity contribution in [3.05, 3.63) is 59.4 Å². The van der Waals surface area contributed by atoms with Gasteiger partial charge in [-0.1, -0.05) is 17.3 Å². The number of aryl methyl sites for hydroxylation is 1. The number of halogens is 3. The maximum atomic E-state index is 13.2. The fourth-order valence-electron chi connectivity index (χ4n) is 2.70. The number of nitrogens with zero attached hydrogens (tertiary/aromatic N) is 3. The fourth-order valence-corrected chi connectivity index (χ4v) is 2.70. The first kappa shape index (κ1) is 20.2. The molecule has 29 heavy (non-hydrogen) atoms. The molecule has 1 heterocycles. The Bertz CT molecular complexity index is 1050. The summed E-state index contributed by atoms with van der Waals surface area (Å²) >= 11 is 0. The summed E-state index contributed by atoms with van der Waals surface area (Å²) < 4.78 is 50.9. The van der Waals surface area contributed by atoms with Crippen molar-refractivity contribution in [1.29, 1.82) is 0 Å². The molecule has 1 aromatic heterocycles. The molecule has 2 aromatic carbocycles. The minimum atomic E-state index is -4.57. The quantitative estimate of drug-likeness (QED) is 0.696. The minimum Gasteiger partial charge on any atom is -0.493 e. The van der Waals surface area contributed by atoms with E-state index >= 15 is 0 Å². The van der Waals surface area contributed by atoms with Crippen LogP contribution in [0.5, 0.6) is 11.5 Å². The minimum absolute atomic E-state index is 0.142. The SMILES string of the molecule is COc1cc(C)c(NC(=O)c2cn(-c3ccccc3C(F)(F)F)nn2)cc1OC. The molecule has 0 unspecified atom stereocenters. The molecule has 152 valence electrons. The Balaban J connectivity index is 1.88. The molecule has 0 fully saturated rings. The molecular formula is C19H17F3N4O3. The Kier molecular flexibility index (Phi) is 5.44. The van der Waals surface area contributed by atoms with Crippen LogP contribution in [0, 0.1) is 6.92 Å². The molecule has 0 saturated carbocycles. The molecule has 3 rings (SSSR count). The van der Waals surface area contributed by atoms with Gasteiger partial charge < -0.3 is 14.8 Å². The lowest BCUT2D eigenvalue weighted by atomic mass is 10.1. The number of amides is 1. The first-order valence-electron chi connectivity index (χ1n) is 8.37. The second-order valence-electron chi connectivity index (χ2n) is 6.04. The van der Waals surface area contributed by atoms with Crippen LogP contribution in [0.3, 0.4) is 0 Å². The third-order valence-electron chi connectivity index (χ3n) is 4.16. The molecule has 0 aliphatic rings. The molecule has 0 saturated heterocycles. The van der Waals surface area contributed by atoms with Gasteiger partial charge in [0.1, 0.15) is 0 Å². The summed E-state index contributed by atoms with van der Waals surface area (Å²) in [4.78, 5) is 12.5. The number of hydrogen-bond acceptors (Lipinski definition) is 5. The van der Waals surface area contributed by atoms with Gasteiger partial charge >= 0.3 is 6.18 Å². The van der Waals surface area contributed by atoms with Crippen molar-refractivity contribution in [2.45, 2.75) is 13.1 Å². The molecule has 0 atom stereocenters. The standard InChI is InChI=1S/C19H17F3N4O3/c1-11-8-16(28-2)17(29-3)9-13(11)23-18(27)14-10-26(25-24-14)15-7-5-4-6-12(15)19(20,21)22/h4-10H,1-3H3,(H,23,27). The zero-order valence-corrected chi connectivity index (χ0v) is 15.7. The van der Waals surface area contributed by atoms with Gasteiger partial charge in [-0.15, -0.1) is 5.10 Å². The van der Waals surface area contributed by atoms with Crippen LogP contribution < -0.4 is 14.8 Å². The number of methoxy groups -OCH3 is 2. The molecule has 1 amide bonds. The molecule has 0 aliphatic carbocycles. The van der Waals surface area contributed by atoms with E-state index in [-0.39, 0.29) is 11.4 Å². The van der Waals surface area contributed by atoms with Crippen LogP contribution in [0.2, 0.25) is 0 Å². The zero-order chi connectivity index (χ0) is 21.2. The number of para-hydroxylation sites is 1. The normalized spacial score (nSPS) is 11.2. The van der Waals surface area contributed by atoms with Gasteiger partial charge in [0.05, 0.1) is 31.7 Å². The average Bonchev–Trinajstić information content (AvgIpc) is 3.18. The second kappa shape index (κ2) is 7.82. The summed E-state index contributed by atoms with van der Waals surface area (Å²) in [6.07, 6.45) is -3.43. The Morgan fingerprint density at radius 1 is 1.10 bits per heavy atom. The van der Waals surface area contributed by atoms with Crippen molar-refractivity contribution in [2.75, 3.05) is 19.5 Å². The van der Waals surface area contributed by atoms with Crippen LogP contribution in [0.15, 0.2) is 42.6 Å². The number of alkyl halides is 3. The van der Waals surface area contributed by atoms with Crippen molar-refractivity contribution >= 4 is 11.6 Å². The largest absolute Gasteiger partial charge is 0.493 e. The Labute approximate surface area is 164 Å². The van der Waals surface area contributed by atoms with Gasteiger partial charge in [-0.05, 0) is 30.7 Å². The Morgan fingerprint density at radius 2 is 1.76 bits per heavy atom. The molecule has 0 bridgehead atoms. The Morgan fingerprint density at radius 3 is 2.41 bits per heavy atom. The number of hydrogen-bond donors (Lipinski definition) is 1. The van der Waals surface area contributed by atoms with Crippen LogP contribution in [0.25, 0.3) is 5.69 Å². The highest BCUT2D eigenvalue weighted by Crippen LogP contribution is 2.34. The monoisotopic (exact) mass is 406 g/mol. The smallest absolute Gasteiger partial charge is 0.418 e. The van der Waals surface area contributed by atoms with Gasteiger partial charge in [0, 0.05) is 11.8 Å². The van der Waals surface area contributed by atoms with Crippen LogP contribution in [-0.4, -0.2) is 35.1 Å². The summed E-state index contributed by atoms with van der Waals surface area (Å²) in [6.45, 7) is 1.76. The lowest BCUT2D eigenvalue weighted by Crippen LogP contribution is -2.13. The van der Waals surface area contributed by atoms with Crippen molar-refractivity contribution < 1.29 is 27.4 Å². The summed E-state index contributed by atoms with van der Waals surface area (Å²) in [6, 6.07) is 8.16. The number of carbonyl (C=O) groups excluding carboxylic acids is 1. The highest BCUT2D eigenvalue weighted by atomic mass is 19.4. The highest BCUT2D eigenvalue weighted by Gasteiger charge is 2.34. The first-order chi connectivity index (χ1) is 13.7. The molecule has 10 heteroatoms. The topological polar surface area (TPSA) is 78.3 Å². The van der Waals surface area contributed by atoms with E-state index in [2.05, 4.69) is 15.6 Å². The van der Waals surface area contributed by atoms with E-state index in [0.29, 0.717) is 22.7 Å². The van der Waals surface area contributed by atoms with Crippen LogP contribution in [0.4, 0.5) is 18.9 Å². The van der Waals surface area contributed by atoms with E-state index < -0.39 is 17.6 Å². The number of carbonyl (C=O) groups is 1. The molecule has 3 aromatic rings. The van der Waals surface area contributed by atoms with Gasteiger partial charge in [-0.25, -0.2) is 4.68 Å². The van der Waals surface area contributed by atoms with E-state index in [0.717, 1.165) is 16.9 Å². The van der Waals surface area contributed by atoms with Crippen LogP contribution >= 0.6 is 0 Å². The van der Waals surface area contributed by atoms with E-state index in [1.54, 1.807) is 19.1 Å². The second-order valence-corrected chi connectivity index (χ2v) is 6.04. The van der Waals surface area contributed by atoms with Gasteiger partial charge in [0.15, 0.2) is 17.2 Å². The molecule has 1 N–H and O–H groups in total. The van der Waals surface area contributed by atoms with E-state index in [9.17, 15) is 18.0 Å². The van der Waals surface area contributed by atoms with Gasteiger partial charge in [0.25, 0.3) is 5.91 Å². The number of nitrogens with one attached hydrogen (secondary N) is 1. The third kappa shape index (κ3) is 4.15. The average molecular weight is 406 g/mol. The van der Waals surface area contributed by atoms with E-state index in [1.807, 2.05) is 0 Å². The van der Waals surface area contributed by atoms with Crippen molar-refractivity contribution in [1.82, 2.24) is 15.0 Å². The number of benzene rings is 2. The number of rotatable bonds is 5. The molecule has 0 spiro atoms.